The number of aliphatic imine (C=N–C) groups is 1. The lowest BCUT2D eigenvalue weighted by molar-refractivity contribution is -0.144. The summed E-state index contributed by atoms with van der Waals surface area (Å²) in [4.78, 5) is 78.5. The molecule has 3 amide bonds. The summed E-state index contributed by atoms with van der Waals surface area (Å²) in [7, 11) is 1.66. The van der Waals surface area contributed by atoms with E-state index in [0.29, 0.717) is 122 Å². The predicted molar refractivity (Wildman–Crippen MR) is 575 cm³/mol. The van der Waals surface area contributed by atoms with Crippen LogP contribution in [0.3, 0.4) is 0 Å². The fraction of sp³-hybridized carbons (Fsp3) is 0.629. The van der Waals surface area contributed by atoms with E-state index in [0.717, 1.165) is 164 Å². The molecule has 13 rings (SSSR count). The monoisotopic (exact) mass is 1990 g/mol. The van der Waals surface area contributed by atoms with E-state index in [9.17, 15) is 34.2 Å². The van der Waals surface area contributed by atoms with Crippen LogP contribution in [-0.4, -0.2) is 274 Å². The molecule has 5 saturated heterocycles. The van der Waals surface area contributed by atoms with Gasteiger partial charge in [-0.2, -0.15) is 0 Å². The Morgan fingerprint density at radius 3 is 1.33 bits per heavy atom. The first kappa shape index (κ1) is 122. The summed E-state index contributed by atoms with van der Waals surface area (Å²) in [6.45, 7) is 46.6. The average Bonchev–Trinajstić information content (AvgIpc) is 1.62. The standard InChI is InChI=1S/C24H47NO3.C21H16N2O2.C14H11N.C13H27NO5.C12H19N.C11H21NO3.C11H21NO2.C10H19NO3/c1-2-3-4-5-6-7-8-9-10-11-12-13-14-15-16-17-24(26)28-23-20-25-18-21-27-22-19-25;24-21(25-15-16-9-3-1-4-10-16)23-19-14-8-7-13-18(19)22-20(23)17-11-5-2-6-12-17;1-2-6-11(7-3-1)14-10-12-8-4-5-9-13(12)15-14;1-15-8-9-18-12-13-19-11-10-17-7-4-14-2-5-16-6-3-14;1-8(2)10-6-5-7-11(9(3)4)12(10)13;1-4-11(2,3)15-10(14)12-7-5-9(13)6-8-12;1-4-11(2,3)14-10(13)12-8-6-5-7-9-12;1-10(2,3)14-9(13)11-6-4-8(12)5-7-11/h2-23H2,1H3;1-14H,15H2;1-9H,10H2;2-13H2,1H3;5-9H,13H2,1-4H3;9,13H,4-8H2,1-3H3;4-9H2,1-3H3;8,12H,4-7H2,1-3H3. The van der Waals surface area contributed by atoms with Crippen molar-refractivity contribution < 1.29 is 86.3 Å². The number of esters is 1. The van der Waals surface area contributed by atoms with Gasteiger partial charge >= 0.3 is 30.3 Å². The van der Waals surface area contributed by atoms with E-state index < -0.39 is 17.3 Å². The third kappa shape index (κ3) is 52.0. The Morgan fingerprint density at radius 2 is 0.860 bits per heavy atom. The highest BCUT2D eigenvalue weighted by atomic mass is 16.6. The molecule has 5 fully saturated rings. The lowest BCUT2D eigenvalue weighted by Gasteiger charge is -2.32. The number of carbonyl (C=O) groups excluding carboxylic acids is 5. The number of likely N-dealkylation sites (tertiary alicyclic amines) is 3. The van der Waals surface area contributed by atoms with Crippen LogP contribution >= 0.6 is 0 Å². The lowest BCUT2D eigenvalue weighted by atomic mass is 9.93. The minimum Gasteiger partial charge on any atom is -0.464 e. The van der Waals surface area contributed by atoms with Crippen LogP contribution in [0.15, 0.2) is 163 Å². The molecular weight excluding hydrogens is 1810 g/mol. The number of fused-ring (bicyclic) bond motifs is 2. The van der Waals surface area contributed by atoms with E-state index in [1.54, 1.807) is 16.9 Å². The molecule has 0 saturated carbocycles. The number of hydrogen-bond donors (Lipinski definition) is 3. The van der Waals surface area contributed by atoms with Gasteiger partial charge in [0.2, 0.25) is 0 Å². The molecule has 143 heavy (non-hydrogen) atoms. The van der Waals surface area contributed by atoms with Gasteiger partial charge in [0.1, 0.15) is 30.0 Å². The quantitative estimate of drug-likeness (QED) is 0.0139. The molecule has 0 radical (unpaired) electrons. The molecule has 27 nitrogen and oxygen atoms in total. The molecule has 27 heteroatoms. The third-order valence-corrected chi connectivity index (χ3v) is 25.6. The average molecular weight is 1990 g/mol. The minimum absolute atomic E-state index is 0.0250. The molecule has 0 bridgehead atoms. The second-order valence-electron chi connectivity index (χ2n) is 40.1. The van der Waals surface area contributed by atoms with Gasteiger partial charge in [-0.15, -0.1) is 0 Å². The number of nitrogens with zero attached hydrogens (tertiary/aromatic N) is 8. The zero-order valence-electron chi connectivity index (χ0n) is 90.0. The van der Waals surface area contributed by atoms with Crippen LogP contribution < -0.4 is 5.73 Å². The largest absolute Gasteiger partial charge is 0.464 e. The van der Waals surface area contributed by atoms with Gasteiger partial charge in [0.05, 0.1) is 107 Å². The number of aliphatic hydroxyl groups excluding tert-OH is 2. The predicted octanol–water partition coefficient (Wildman–Crippen LogP) is 23.8. The number of aromatic nitrogens is 2. The number of piperidine rings is 3. The Hall–Kier alpha value is -9.39. The number of benzene rings is 6. The maximum atomic E-state index is 12.8. The molecule has 1 aromatic heterocycles. The molecule has 6 aromatic carbocycles. The Morgan fingerprint density at radius 1 is 0.441 bits per heavy atom. The number of unbranched alkanes of at least 4 members (excludes halogenated alkanes) is 14. The van der Waals surface area contributed by atoms with E-state index >= 15 is 0 Å². The fourth-order valence-corrected chi connectivity index (χ4v) is 16.1. The van der Waals surface area contributed by atoms with Gasteiger partial charge in [-0.25, -0.2) is 28.7 Å². The maximum absolute atomic E-state index is 12.8. The number of nitrogen functional groups attached to an aromatic ring is 1. The number of imidazole rings is 1. The molecule has 7 aromatic rings. The van der Waals surface area contributed by atoms with E-state index in [4.69, 9.17) is 57.8 Å². The van der Waals surface area contributed by atoms with Crippen LogP contribution in [0.4, 0.5) is 30.6 Å². The first-order chi connectivity index (χ1) is 68.9. The molecular formula is C116H181N9O18. The number of para-hydroxylation sites is 4. The van der Waals surface area contributed by atoms with Crippen LogP contribution in [0, 0.1) is 0 Å². The SMILES string of the molecule is CC(C)(C)OC(=O)N1CCC(O)CC1.CC(C)c1cccc(C(C)C)c1N.CCC(C)(C)OC(=O)N1CCC(O)CC1.CCC(C)(C)OC(=O)N1CCCCC1.CCCCCCCCCCCCCCCCCC(=O)OCCN1CCOCC1.COCCOCCOCCOCCN1CCOCC1.O=C(OCc1ccccc1)n1c(-c2ccccc2)nc2ccccc21.c1ccc(C2=Nc3ccccc3C2)cc1. The van der Waals surface area contributed by atoms with Gasteiger partial charge in [0.25, 0.3) is 0 Å². The highest BCUT2D eigenvalue weighted by molar-refractivity contribution is 6.06. The van der Waals surface area contributed by atoms with E-state index in [1.165, 1.54) is 122 Å². The van der Waals surface area contributed by atoms with Gasteiger partial charge in [0.15, 0.2) is 5.82 Å². The Balaban J connectivity index is 0.000000254. The smallest absolute Gasteiger partial charge is 0.420 e. The number of methoxy groups -OCH3 is 1. The Labute approximate surface area is 858 Å². The number of hydrogen-bond acceptors (Lipinski definition) is 23. The Bertz CT molecular complexity index is 4550. The van der Waals surface area contributed by atoms with Crippen LogP contribution in [0.5, 0.6) is 0 Å². The summed E-state index contributed by atoms with van der Waals surface area (Å²) in [5.74, 6) is 1.58. The van der Waals surface area contributed by atoms with Crippen molar-refractivity contribution in [2.75, 3.05) is 171 Å². The molecule has 4 N–H and O–H groups in total. The second-order valence-corrected chi connectivity index (χ2v) is 40.1. The molecule has 798 valence electrons. The summed E-state index contributed by atoms with van der Waals surface area (Å²) in [5, 5.41) is 18.6. The molecule has 0 unspecified atom stereocenters. The van der Waals surface area contributed by atoms with E-state index in [-0.39, 0.29) is 48.7 Å². The molecule has 0 spiro atoms. The van der Waals surface area contributed by atoms with Gasteiger partial charge in [0, 0.05) is 110 Å². The summed E-state index contributed by atoms with van der Waals surface area (Å²) < 4.78 is 60.0. The zero-order valence-corrected chi connectivity index (χ0v) is 90.0. The van der Waals surface area contributed by atoms with Crippen molar-refractivity contribution in [1.29, 1.82) is 0 Å². The van der Waals surface area contributed by atoms with Crippen molar-refractivity contribution in [3.8, 4) is 11.4 Å². The van der Waals surface area contributed by atoms with Gasteiger partial charge in [-0.05, 0) is 171 Å². The number of carbonyl (C=O) groups is 5. The number of ether oxygens (including phenoxy) is 11. The summed E-state index contributed by atoms with van der Waals surface area (Å²) >= 11 is 0. The first-order valence-corrected chi connectivity index (χ1v) is 53.5. The highest BCUT2D eigenvalue weighted by Crippen LogP contribution is 2.32. The van der Waals surface area contributed by atoms with Crippen molar-refractivity contribution in [2.24, 2.45) is 4.99 Å². The van der Waals surface area contributed by atoms with Crippen LogP contribution in [0.1, 0.15) is 297 Å². The molecule has 0 atom stereocenters. The van der Waals surface area contributed by atoms with Crippen molar-refractivity contribution >= 4 is 58.5 Å². The number of morpholine rings is 2. The van der Waals surface area contributed by atoms with E-state index in [2.05, 4.69) is 115 Å². The van der Waals surface area contributed by atoms with Crippen LogP contribution in [0.2, 0.25) is 0 Å². The number of amides is 3. The van der Waals surface area contributed by atoms with Crippen molar-refractivity contribution in [1.82, 2.24) is 34.1 Å². The molecule has 0 aliphatic carbocycles. The summed E-state index contributed by atoms with van der Waals surface area (Å²) in [5.41, 5.74) is 16.6. The van der Waals surface area contributed by atoms with Gasteiger partial charge < -0.3 is 82.8 Å². The van der Waals surface area contributed by atoms with Crippen molar-refractivity contribution in [3.05, 3.63) is 186 Å². The molecule has 6 aliphatic heterocycles. The van der Waals surface area contributed by atoms with Gasteiger partial charge in [-0.1, -0.05) is 278 Å². The summed E-state index contributed by atoms with van der Waals surface area (Å²) in [6, 6.07) is 51.9. The minimum atomic E-state index is -0.437. The zero-order chi connectivity index (χ0) is 104. The highest BCUT2D eigenvalue weighted by Gasteiger charge is 2.31. The third-order valence-electron chi connectivity index (χ3n) is 25.6. The molecule has 6 aliphatic rings. The van der Waals surface area contributed by atoms with Crippen LogP contribution in [-0.2, 0) is 69.9 Å². The van der Waals surface area contributed by atoms with Gasteiger partial charge in [-0.3, -0.25) is 19.6 Å². The topological polar surface area (TPSA) is 300 Å². The fourth-order valence-electron chi connectivity index (χ4n) is 16.1. The second kappa shape index (κ2) is 71.2. The lowest BCUT2D eigenvalue weighted by Crippen LogP contribution is -2.43. The van der Waals surface area contributed by atoms with Crippen molar-refractivity contribution in [2.45, 2.75) is 311 Å². The number of aliphatic hydroxyl groups is 2. The van der Waals surface area contributed by atoms with E-state index in [1.807, 2.05) is 164 Å². The maximum Gasteiger partial charge on any atom is 0.420 e. The molecule has 7 heterocycles. The van der Waals surface area contributed by atoms with Crippen LogP contribution in [0.25, 0.3) is 22.4 Å². The normalized spacial score (nSPS) is 15.2. The number of nitrogens with two attached hydrogens (primary N) is 1. The number of anilines is 1. The Kier molecular flexibility index (Phi) is 60.9. The van der Waals surface area contributed by atoms with Crippen molar-refractivity contribution in [3.63, 3.8) is 0 Å². The first-order valence-electron chi connectivity index (χ1n) is 53.5. The summed E-state index contributed by atoms with van der Waals surface area (Å²) in [6.07, 6.45) is 27.9. The number of rotatable bonds is 41.